The summed E-state index contributed by atoms with van der Waals surface area (Å²) in [5.74, 6) is -0.453. The molecule has 0 spiro atoms. The number of aromatic nitrogens is 2. The molecule has 8 heteroatoms. The predicted octanol–water partition coefficient (Wildman–Crippen LogP) is 3.90. The molecule has 7 nitrogen and oxygen atoms in total. The molecule has 2 heterocycles. The summed E-state index contributed by atoms with van der Waals surface area (Å²) < 4.78 is 15.4. The fourth-order valence-electron chi connectivity index (χ4n) is 4.33. The van der Waals surface area contributed by atoms with Crippen LogP contribution in [0.15, 0.2) is 36.4 Å². The molecular formula is C26H26FN5O2. The lowest BCUT2D eigenvalue weighted by molar-refractivity contribution is -0.0231. The number of amides is 2. The summed E-state index contributed by atoms with van der Waals surface area (Å²) in [6, 6.07) is 12.1. The van der Waals surface area contributed by atoms with Crippen molar-refractivity contribution in [2.75, 3.05) is 27.2 Å². The van der Waals surface area contributed by atoms with Gasteiger partial charge in [0, 0.05) is 30.8 Å². The quantitative estimate of drug-likeness (QED) is 0.641. The Morgan fingerprint density at radius 2 is 1.76 bits per heavy atom. The molecule has 1 N–H and O–H groups in total. The number of H-pyrrole nitrogens is 1. The highest BCUT2D eigenvalue weighted by Crippen LogP contribution is 2.38. The van der Waals surface area contributed by atoms with Crippen LogP contribution < -0.4 is 0 Å². The number of carbonyl (C=O) groups is 2. The van der Waals surface area contributed by atoms with Crippen molar-refractivity contribution in [3.05, 3.63) is 75.5 Å². The summed E-state index contributed by atoms with van der Waals surface area (Å²) >= 11 is 0. The monoisotopic (exact) mass is 459 g/mol. The zero-order valence-electron chi connectivity index (χ0n) is 19.9. The molecule has 0 unspecified atom stereocenters. The fraction of sp³-hybridized carbons (Fsp3) is 0.308. The summed E-state index contributed by atoms with van der Waals surface area (Å²) in [4.78, 5) is 28.6. The molecule has 0 aliphatic carbocycles. The van der Waals surface area contributed by atoms with Gasteiger partial charge in [0.2, 0.25) is 0 Å². The van der Waals surface area contributed by atoms with Crippen molar-refractivity contribution < 1.29 is 14.0 Å². The highest BCUT2D eigenvalue weighted by atomic mass is 19.1. The first-order valence-electron chi connectivity index (χ1n) is 10.9. The van der Waals surface area contributed by atoms with Crippen molar-refractivity contribution in [1.82, 2.24) is 20.0 Å². The van der Waals surface area contributed by atoms with Gasteiger partial charge in [-0.15, -0.1) is 0 Å². The number of aryl methyl sites for hydroxylation is 2. The maximum Gasteiger partial charge on any atom is 0.274 e. The summed E-state index contributed by atoms with van der Waals surface area (Å²) in [5, 5.41) is 16.1. The maximum atomic E-state index is 15.4. The molecule has 0 atom stereocenters. The second-order valence-corrected chi connectivity index (χ2v) is 9.07. The minimum absolute atomic E-state index is 0.0506. The molecule has 1 aromatic heterocycles. The predicted molar refractivity (Wildman–Crippen MR) is 126 cm³/mol. The van der Waals surface area contributed by atoms with Gasteiger partial charge in [-0.05, 0) is 55.7 Å². The lowest BCUT2D eigenvalue weighted by Gasteiger charge is -2.45. The lowest BCUT2D eigenvalue weighted by atomic mass is 9.86. The van der Waals surface area contributed by atoms with Crippen molar-refractivity contribution in [3.63, 3.8) is 0 Å². The van der Waals surface area contributed by atoms with Crippen molar-refractivity contribution in [2.45, 2.75) is 26.4 Å². The van der Waals surface area contributed by atoms with Crippen LogP contribution >= 0.6 is 0 Å². The molecule has 1 fully saturated rings. The van der Waals surface area contributed by atoms with E-state index in [0.29, 0.717) is 33.6 Å². The number of aromatic amines is 1. The number of likely N-dealkylation sites (tertiary alicyclic amines) is 1. The zero-order valence-corrected chi connectivity index (χ0v) is 19.9. The number of hydrogen-bond donors (Lipinski definition) is 1. The molecule has 0 radical (unpaired) electrons. The number of hydrogen-bond acceptors (Lipinski definition) is 4. The fourth-order valence-corrected chi connectivity index (χ4v) is 4.33. The van der Waals surface area contributed by atoms with Crippen LogP contribution in [0.5, 0.6) is 0 Å². The van der Waals surface area contributed by atoms with Gasteiger partial charge in [0.1, 0.15) is 0 Å². The normalized spacial score (nSPS) is 14.3. The molecule has 0 saturated carbocycles. The summed E-state index contributed by atoms with van der Waals surface area (Å²) in [6.45, 7) is 5.51. The van der Waals surface area contributed by atoms with Crippen LogP contribution in [0.3, 0.4) is 0 Å². The number of alkyl halides is 1. The molecule has 4 rings (SSSR count). The Kier molecular flexibility index (Phi) is 5.74. The molecule has 1 aliphatic heterocycles. The van der Waals surface area contributed by atoms with E-state index < -0.39 is 5.67 Å². The Hall–Kier alpha value is -3.99. The summed E-state index contributed by atoms with van der Waals surface area (Å²) in [6.07, 6.45) is 0. The zero-order chi connectivity index (χ0) is 24.8. The first kappa shape index (κ1) is 23.2. The molecule has 1 saturated heterocycles. The smallest absolute Gasteiger partial charge is 0.274 e. The number of rotatable bonds is 4. The average Bonchev–Trinajstić information content (AvgIpc) is 3.17. The number of carbonyl (C=O) groups excluding carboxylic acids is 2. The van der Waals surface area contributed by atoms with E-state index in [9.17, 15) is 9.59 Å². The highest BCUT2D eigenvalue weighted by molar-refractivity contribution is 5.99. The molecular weight excluding hydrogens is 433 g/mol. The van der Waals surface area contributed by atoms with Crippen LogP contribution in [-0.4, -0.2) is 59.0 Å². The summed E-state index contributed by atoms with van der Waals surface area (Å²) in [7, 11) is 3.33. The van der Waals surface area contributed by atoms with Gasteiger partial charge in [-0.2, -0.15) is 10.4 Å². The van der Waals surface area contributed by atoms with Crippen molar-refractivity contribution in [3.8, 4) is 17.3 Å². The third kappa shape index (κ3) is 3.83. The molecule has 3 aromatic rings. The SMILES string of the molecule is Cc1cc(C)c(-c2[nH]nc(C(=O)N(C)C)c2C)cc1C(=O)N1CC(F)(c2ccc(C#N)cc2)C1. The first-order chi connectivity index (χ1) is 16.1. The molecule has 0 bridgehead atoms. The van der Waals surface area contributed by atoms with E-state index in [2.05, 4.69) is 10.2 Å². The second-order valence-electron chi connectivity index (χ2n) is 9.07. The van der Waals surface area contributed by atoms with Gasteiger partial charge in [0.05, 0.1) is 30.4 Å². The van der Waals surface area contributed by atoms with E-state index in [-0.39, 0.29) is 24.9 Å². The number of nitrogens with zero attached hydrogens (tertiary/aromatic N) is 4. The van der Waals surface area contributed by atoms with Crippen LogP contribution in [0.1, 0.15) is 48.7 Å². The molecule has 174 valence electrons. The number of benzene rings is 2. The largest absolute Gasteiger partial charge is 0.343 e. The van der Waals surface area contributed by atoms with Crippen LogP contribution in [0, 0.1) is 32.1 Å². The second kappa shape index (κ2) is 8.41. The molecule has 1 aliphatic rings. The lowest BCUT2D eigenvalue weighted by Crippen LogP contribution is -2.58. The summed E-state index contributed by atoms with van der Waals surface area (Å²) in [5.41, 5.74) is 4.00. The van der Waals surface area contributed by atoms with Gasteiger partial charge < -0.3 is 9.80 Å². The van der Waals surface area contributed by atoms with E-state index in [4.69, 9.17) is 5.26 Å². The van der Waals surface area contributed by atoms with Gasteiger partial charge >= 0.3 is 0 Å². The van der Waals surface area contributed by atoms with Crippen molar-refractivity contribution in [2.24, 2.45) is 0 Å². The number of halogens is 1. The maximum absolute atomic E-state index is 15.4. The van der Waals surface area contributed by atoms with E-state index in [0.717, 1.165) is 16.7 Å². The molecule has 2 aromatic carbocycles. The van der Waals surface area contributed by atoms with E-state index in [1.165, 1.54) is 9.80 Å². The Bertz CT molecular complexity index is 1330. The molecule has 2 amide bonds. The van der Waals surface area contributed by atoms with E-state index in [1.807, 2.05) is 32.9 Å². The van der Waals surface area contributed by atoms with Gasteiger partial charge in [0.15, 0.2) is 11.4 Å². The van der Waals surface area contributed by atoms with Crippen LogP contribution in [0.25, 0.3) is 11.3 Å². The van der Waals surface area contributed by atoms with Crippen LogP contribution in [-0.2, 0) is 5.67 Å². The topological polar surface area (TPSA) is 93.1 Å². The van der Waals surface area contributed by atoms with Gasteiger partial charge in [-0.3, -0.25) is 14.7 Å². The highest BCUT2D eigenvalue weighted by Gasteiger charge is 2.47. The van der Waals surface area contributed by atoms with Crippen molar-refractivity contribution >= 4 is 11.8 Å². The minimum Gasteiger partial charge on any atom is -0.343 e. The van der Waals surface area contributed by atoms with Crippen LogP contribution in [0.2, 0.25) is 0 Å². The standard InChI is InChI=1S/C26H26FN5O2/c1-15-10-16(2)21(11-20(15)22-17(3)23(30-29-22)25(34)31(4)5)24(33)32-13-26(27,14-32)19-8-6-18(12-28)7-9-19/h6-11H,13-14H2,1-5H3,(H,29,30). The third-order valence-electron chi connectivity index (χ3n) is 6.39. The minimum atomic E-state index is -1.63. The van der Waals surface area contributed by atoms with Gasteiger partial charge in [-0.25, -0.2) is 4.39 Å². The number of nitrogens with one attached hydrogen (secondary N) is 1. The average molecular weight is 460 g/mol. The van der Waals surface area contributed by atoms with E-state index in [1.54, 1.807) is 44.4 Å². The number of nitriles is 1. The van der Waals surface area contributed by atoms with Gasteiger partial charge in [-0.1, -0.05) is 18.2 Å². The Balaban J connectivity index is 1.60. The first-order valence-corrected chi connectivity index (χ1v) is 10.9. The Morgan fingerprint density at radius 3 is 2.35 bits per heavy atom. The van der Waals surface area contributed by atoms with Crippen molar-refractivity contribution in [1.29, 1.82) is 5.26 Å². The Labute approximate surface area is 197 Å². The Morgan fingerprint density at radius 1 is 1.12 bits per heavy atom. The third-order valence-corrected chi connectivity index (χ3v) is 6.39. The van der Waals surface area contributed by atoms with Gasteiger partial charge in [0.25, 0.3) is 11.8 Å². The molecule has 34 heavy (non-hydrogen) atoms. The van der Waals surface area contributed by atoms with E-state index >= 15 is 4.39 Å². The van der Waals surface area contributed by atoms with Crippen LogP contribution in [0.4, 0.5) is 4.39 Å².